The number of rotatable bonds is 6. The van der Waals surface area contributed by atoms with E-state index in [2.05, 4.69) is 10.6 Å². The van der Waals surface area contributed by atoms with E-state index in [1.807, 2.05) is 41.8 Å². The molecule has 146 valence electrons. The Kier molecular flexibility index (Phi) is 5.17. The zero-order valence-electron chi connectivity index (χ0n) is 15.6. The molecule has 1 spiro atoms. The highest BCUT2D eigenvalue weighted by molar-refractivity contribution is 7.13. The molecule has 6 nitrogen and oxygen atoms in total. The second kappa shape index (κ2) is 7.75. The number of urea groups is 1. The van der Waals surface area contributed by atoms with Crippen LogP contribution in [0, 0.1) is 0 Å². The number of hydrogen-bond donors (Lipinski definition) is 2. The van der Waals surface area contributed by atoms with Gasteiger partial charge in [0.05, 0.1) is 0 Å². The van der Waals surface area contributed by atoms with Crippen molar-refractivity contribution in [3.8, 4) is 10.4 Å². The molecule has 1 aliphatic heterocycles. The van der Waals surface area contributed by atoms with Crippen LogP contribution in [0.3, 0.4) is 0 Å². The first-order valence-electron chi connectivity index (χ1n) is 9.66. The molecule has 4 rings (SSSR count). The topological polar surface area (TPSA) is 78.5 Å². The fourth-order valence-electron chi connectivity index (χ4n) is 4.05. The van der Waals surface area contributed by atoms with Gasteiger partial charge in [0, 0.05) is 29.1 Å². The molecular formula is C21H23N3O3S. The van der Waals surface area contributed by atoms with Crippen molar-refractivity contribution >= 4 is 34.9 Å². The first-order valence-corrected chi connectivity index (χ1v) is 10.5. The molecule has 7 heteroatoms. The normalized spacial score (nSPS) is 17.9. The minimum Gasteiger partial charge on any atom is -0.325 e. The number of amides is 4. The molecule has 4 amide bonds. The third-order valence-corrected chi connectivity index (χ3v) is 6.38. The van der Waals surface area contributed by atoms with Crippen LogP contribution in [0.1, 0.15) is 38.5 Å². The largest absolute Gasteiger partial charge is 0.325 e. The van der Waals surface area contributed by atoms with Gasteiger partial charge in [0.2, 0.25) is 5.91 Å². The molecule has 1 aromatic heterocycles. The number of imide groups is 1. The molecule has 2 aliphatic rings. The summed E-state index contributed by atoms with van der Waals surface area (Å²) in [4.78, 5) is 39.6. The fraction of sp³-hybridized carbons (Fsp3) is 0.381. The molecule has 1 aromatic carbocycles. The SMILES string of the molecule is O=C(CCCN1C(=O)NC2(CCCC2)C1=O)Nc1ccccc1-c1cccs1. The molecule has 0 atom stereocenters. The van der Waals surface area contributed by atoms with Crippen molar-refractivity contribution in [1.29, 1.82) is 0 Å². The van der Waals surface area contributed by atoms with Gasteiger partial charge in [-0.1, -0.05) is 37.1 Å². The van der Waals surface area contributed by atoms with Gasteiger partial charge in [0.1, 0.15) is 5.54 Å². The first kappa shape index (κ1) is 18.7. The lowest BCUT2D eigenvalue weighted by Gasteiger charge is -2.20. The van der Waals surface area contributed by atoms with E-state index >= 15 is 0 Å². The molecule has 0 unspecified atom stereocenters. The van der Waals surface area contributed by atoms with Gasteiger partial charge in [-0.05, 0) is 36.8 Å². The molecule has 0 bridgehead atoms. The molecule has 2 N–H and O–H groups in total. The van der Waals surface area contributed by atoms with E-state index in [9.17, 15) is 14.4 Å². The third-order valence-electron chi connectivity index (χ3n) is 5.48. The van der Waals surface area contributed by atoms with Gasteiger partial charge in [-0.25, -0.2) is 4.79 Å². The monoisotopic (exact) mass is 397 g/mol. The standard InChI is InChI=1S/C21H23N3O3S/c25-18(22-16-8-2-1-7-15(16)17-9-6-14-28-17)10-5-13-24-19(26)21(23-20(24)27)11-3-4-12-21/h1-2,6-9,14H,3-5,10-13H2,(H,22,25)(H,23,27). The lowest BCUT2D eigenvalue weighted by atomic mass is 9.98. The summed E-state index contributed by atoms with van der Waals surface area (Å²) in [6.45, 7) is 0.270. The predicted molar refractivity (Wildman–Crippen MR) is 109 cm³/mol. The van der Waals surface area contributed by atoms with Crippen molar-refractivity contribution in [2.75, 3.05) is 11.9 Å². The third kappa shape index (κ3) is 3.54. The van der Waals surface area contributed by atoms with Gasteiger partial charge in [-0.3, -0.25) is 14.5 Å². The number of carbonyl (C=O) groups excluding carboxylic acids is 3. The van der Waals surface area contributed by atoms with Gasteiger partial charge in [-0.15, -0.1) is 11.3 Å². The van der Waals surface area contributed by atoms with Crippen molar-refractivity contribution in [3.63, 3.8) is 0 Å². The Hall–Kier alpha value is -2.67. The number of benzene rings is 1. The van der Waals surface area contributed by atoms with Gasteiger partial charge >= 0.3 is 6.03 Å². The smallest absolute Gasteiger partial charge is 0.325 e. The zero-order valence-corrected chi connectivity index (χ0v) is 16.4. The number of nitrogens with zero attached hydrogens (tertiary/aromatic N) is 1. The van der Waals surface area contributed by atoms with Crippen LogP contribution < -0.4 is 10.6 Å². The number of para-hydroxylation sites is 1. The van der Waals surface area contributed by atoms with Crippen LogP contribution >= 0.6 is 11.3 Å². The Morgan fingerprint density at radius 3 is 2.68 bits per heavy atom. The van der Waals surface area contributed by atoms with Crippen LogP contribution in [-0.4, -0.2) is 34.8 Å². The van der Waals surface area contributed by atoms with E-state index in [1.165, 1.54) is 4.90 Å². The lowest BCUT2D eigenvalue weighted by molar-refractivity contribution is -0.131. The summed E-state index contributed by atoms with van der Waals surface area (Å²) in [6.07, 6.45) is 4.06. The summed E-state index contributed by atoms with van der Waals surface area (Å²) in [5, 5.41) is 7.83. The molecule has 1 saturated carbocycles. The summed E-state index contributed by atoms with van der Waals surface area (Å²) >= 11 is 1.62. The van der Waals surface area contributed by atoms with Crippen LogP contribution in [0.25, 0.3) is 10.4 Å². The van der Waals surface area contributed by atoms with Crippen molar-refractivity contribution in [2.45, 2.75) is 44.1 Å². The van der Waals surface area contributed by atoms with Crippen molar-refractivity contribution < 1.29 is 14.4 Å². The highest BCUT2D eigenvalue weighted by Gasteiger charge is 2.51. The Labute approximate surface area is 167 Å². The number of anilines is 1. The second-order valence-electron chi connectivity index (χ2n) is 7.35. The lowest BCUT2D eigenvalue weighted by Crippen LogP contribution is -2.44. The maximum absolute atomic E-state index is 12.6. The Morgan fingerprint density at radius 2 is 1.93 bits per heavy atom. The molecule has 2 aromatic rings. The summed E-state index contributed by atoms with van der Waals surface area (Å²) in [5.41, 5.74) is 1.08. The quantitative estimate of drug-likeness (QED) is 0.723. The average Bonchev–Trinajstić information content (AvgIpc) is 3.41. The molecule has 0 radical (unpaired) electrons. The number of nitrogens with one attached hydrogen (secondary N) is 2. The van der Waals surface area contributed by atoms with Crippen molar-refractivity contribution in [1.82, 2.24) is 10.2 Å². The van der Waals surface area contributed by atoms with E-state index in [0.717, 1.165) is 29.0 Å². The van der Waals surface area contributed by atoms with Crippen LogP contribution in [-0.2, 0) is 9.59 Å². The summed E-state index contributed by atoms with van der Waals surface area (Å²) in [5.74, 6) is -0.245. The fourth-order valence-corrected chi connectivity index (χ4v) is 4.81. The highest BCUT2D eigenvalue weighted by Crippen LogP contribution is 2.35. The zero-order chi connectivity index (χ0) is 19.6. The van der Waals surface area contributed by atoms with Crippen LogP contribution in [0.2, 0.25) is 0 Å². The van der Waals surface area contributed by atoms with Crippen LogP contribution in [0.5, 0.6) is 0 Å². The van der Waals surface area contributed by atoms with Gasteiger partial charge < -0.3 is 10.6 Å². The van der Waals surface area contributed by atoms with Crippen LogP contribution in [0.15, 0.2) is 41.8 Å². The molecule has 28 heavy (non-hydrogen) atoms. The minimum absolute atomic E-state index is 0.119. The van der Waals surface area contributed by atoms with Gasteiger partial charge in [-0.2, -0.15) is 0 Å². The van der Waals surface area contributed by atoms with Crippen molar-refractivity contribution in [3.05, 3.63) is 41.8 Å². The van der Waals surface area contributed by atoms with Gasteiger partial charge in [0.25, 0.3) is 5.91 Å². The number of carbonyl (C=O) groups is 3. The van der Waals surface area contributed by atoms with Gasteiger partial charge in [0.15, 0.2) is 0 Å². The average molecular weight is 398 g/mol. The first-order chi connectivity index (χ1) is 13.6. The summed E-state index contributed by atoms with van der Waals surface area (Å²) < 4.78 is 0. The predicted octanol–water partition coefficient (Wildman–Crippen LogP) is 4.00. The maximum Gasteiger partial charge on any atom is 0.325 e. The number of hydrogen-bond acceptors (Lipinski definition) is 4. The van der Waals surface area contributed by atoms with E-state index in [4.69, 9.17) is 0 Å². The van der Waals surface area contributed by atoms with Crippen LogP contribution in [0.4, 0.5) is 10.5 Å². The van der Waals surface area contributed by atoms with E-state index in [1.54, 1.807) is 11.3 Å². The molecule has 2 fully saturated rings. The Balaban J connectivity index is 1.33. The highest BCUT2D eigenvalue weighted by atomic mass is 32.1. The van der Waals surface area contributed by atoms with Crippen molar-refractivity contribution in [2.24, 2.45) is 0 Å². The maximum atomic E-state index is 12.6. The molecule has 2 heterocycles. The molecular weight excluding hydrogens is 374 g/mol. The molecule has 1 saturated heterocycles. The van der Waals surface area contributed by atoms with E-state index in [0.29, 0.717) is 19.3 Å². The Bertz CT molecular complexity index is 888. The number of thiophene rings is 1. The summed E-state index contributed by atoms with van der Waals surface area (Å²) in [6, 6.07) is 11.4. The minimum atomic E-state index is -0.682. The molecule has 1 aliphatic carbocycles. The Morgan fingerprint density at radius 1 is 1.14 bits per heavy atom. The van der Waals surface area contributed by atoms with E-state index < -0.39 is 5.54 Å². The summed E-state index contributed by atoms with van der Waals surface area (Å²) in [7, 11) is 0. The second-order valence-corrected chi connectivity index (χ2v) is 8.30. The van der Waals surface area contributed by atoms with E-state index in [-0.39, 0.29) is 30.8 Å².